The van der Waals surface area contributed by atoms with Gasteiger partial charge in [0.2, 0.25) is 5.91 Å². The molecule has 19 heavy (non-hydrogen) atoms. The smallest absolute Gasteiger partial charge is 0.221 e. The lowest BCUT2D eigenvalue weighted by Crippen LogP contribution is -2.40. The van der Waals surface area contributed by atoms with E-state index >= 15 is 0 Å². The number of hydrogen-bond donors (Lipinski definition) is 2. The van der Waals surface area contributed by atoms with Crippen LogP contribution in [0.5, 0.6) is 0 Å². The van der Waals surface area contributed by atoms with E-state index in [2.05, 4.69) is 4.90 Å². The van der Waals surface area contributed by atoms with Crippen molar-refractivity contribution in [1.82, 2.24) is 4.90 Å². The monoisotopic (exact) mass is 265 g/mol. The van der Waals surface area contributed by atoms with E-state index in [1.54, 1.807) is 12.1 Å². The van der Waals surface area contributed by atoms with Gasteiger partial charge in [0.05, 0.1) is 5.92 Å². The van der Waals surface area contributed by atoms with Gasteiger partial charge in [-0.05, 0) is 19.4 Å². The first-order chi connectivity index (χ1) is 9.11. The highest BCUT2D eigenvalue weighted by atomic mass is 19.1. The molecule has 1 heterocycles. The largest absolute Gasteiger partial charge is 0.369 e. The van der Waals surface area contributed by atoms with Crippen LogP contribution in [-0.4, -0.2) is 23.9 Å². The molecule has 0 radical (unpaired) electrons. The molecule has 0 aliphatic carbocycles. The van der Waals surface area contributed by atoms with E-state index in [4.69, 9.17) is 11.5 Å². The van der Waals surface area contributed by atoms with Crippen molar-refractivity contribution in [2.45, 2.75) is 25.9 Å². The van der Waals surface area contributed by atoms with Gasteiger partial charge in [-0.3, -0.25) is 9.69 Å². The lowest BCUT2D eigenvalue weighted by atomic mass is 9.97. The highest BCUT2D eigenvalue weighted by Crippen LogP contribution is 2.20. The number of benzene rings is 1. The van der Waals surface area contributed by atoms with Crippen molar-refractivity contribution in [2.24, 2.45) is 17.4 Å². The Morgan fingerprint density at radius 1 is 1.42 bits per heavy atom. The van der Waals surface area contributed by atoms with E-state index < -0.39 is 0 Å². The third kappa shape index (κ3) is 3.30. The second kappa shape index (κ2) is 6.12. The third-order valence-corrected chi connectivity index (χ3v) is 3.68. The molecule has 0 bridgehead atoms. The zero-order chi connectivity index (χ0) is 13.8. The van der Waals surface area contributed by atoms with E-state index in [-0.39, 0.29) is 24.2 Å². The van der Waals surface area contributed by atoms with Crippen LogP contribution in [-0.2, 0) is 17.9 Å². The van der Waals surface area contributed by atoms with Gasteiger partial charge in [-0.2, -0.15) is 0 Å². The van der Waals surface area contributed by atoms with E-state index in [1.807, 2.05) is 6.07 Å². The summed E-state index contributed by atoms with van der Waals surface area (Å²) < 4.78 is 14.1. The van der Waals surface area contributed by atoms with Gasteiger partial charge in [0.1, 0.15) is 5.82 Å². The molecule has 5 heteroatoms. The van der Waals surface area contributed by atoms with Crippen LogP contribution in [0.1, 0.15) is 24.0 Å². The highest BCUT2D eigenvalue weighted by Gasteiger charge is 2.24. The molecule has 1 saturated heterocycles. The predicted molar refractivity (Wildman–Crippen MR) is 71.5 cm³/mol. The lowest BCUT2D eigenvalue weighted by molar-refractivity contribution is -0.123. The number of nitrogens with two attached hydrogens (primary N) is 2. The number of halogens is 1. The Morgan fingerprint density at radius 3 is 2.84 bits per heavy atom. The van der Waals surface area contributed by atoms with Crippen molar-refractivity contribution < 1.29 is 9.18 Å². The molecule has 0 saturated carbocycles. The molecule has 104 valence electrons. The number of rotatable bonds is 4. The normalized spacial score (nSPS) is 20.4. The molecular weight excluding hydrogens is 245 g/mol. The van der Waals surface area contributed by atoms with Crippen molar-refractivity contribution in [3.05, 3.63) is 35.1 Å². The van der Waals surface area contributed by atoms with E-state index in [0.29, 0.717) is 24.2 Å². The number of carbonyl (C=O) groups excluding carboxylic acids is 1. The maximum Gasteiger partial charge on any atom is 0.221 e. The van der Waals surface area contributed by atoms with E-state index in [9.17, 15) is 9.18 Å². The van der Waals surface area contributed by atoms with Gasteiger partial charge in [0.15, 0.2) is 0 Å². The standard InChI is InChI=1S/C14H20FN3O/c15-13-10(7-16)3-1-4-11(13)8-18-6-2-5-12(9-18)14(17)19/h1,3-4,12H,2,5-9,16H2,(H2,17,19). The minimum Gasteiger partial charge on any atom is -0.369 e. The maximum absolute atomic E-state index is 14.1. The molecule has 1 aromatic carbocycles. The number of hydrogen-bond acceptors (Lipinski definition) is 3. The maximum atomic E-state index is 14.1. The fourth-order valence-corrected chi connectivity index (χ4v) is 2.59. The highest BCUT2D eigenvalue weighted by molar-refractivity contribution is 5.76. The van der Waals surface area contributed by atoms with Crippen molar-refractivity contribution in [3.63, 3.8) is 0 Å². The molecule has 1 unspecified atom stereocenters. The molecule has 1 aromatic rings. The first-order valence-corrected chi connectivity index (χ1v) is 6.60. The van der Waals surface area contributed by atoms with E-state index in [1.165, 1.54) is 0 Å². The van der Waals surface area contributed by atoms with Gasteiger partial charge in [0.25, 0.3) is 0 Å². The van der Waals surface area contributed by atoms with E-state index in [0.717, 1.165) is 19.4 Å². The van der Waals surface area contributed by atoms with Crippen LogP contribution >= 0.6 is 0 Å². The first-order valence-electron chi connectivity index (χ1n) is 6.60. The summed E-state index contributed by atoms with van der Waals surface area (Å²) in [6, 6.07) is 5.28. The SMILES string of the molecule is NCc1cccc(CN2CCCC(C(N)=O)C2)c1F. The van der Waals surface area contributed by atoms with Gasteiger partial charge in [-0.25, -0.2) is 4.39 Å². The summed E-state index contributed by atoms with van der Waals surface area (Å²) in [4.78, 5) is 13.3. The molecule has 4 N–H and O–H groups in total. The molecule has 1 aliphatic rings. The summed E-state index contributed by atoms with van der Waals surface area (Å²) in [6.07, 6.45) is 1.75. The fraction of sp³-hybridized carbons (Fsp3) is 0.500. The van der Waals surface area contributed by atoms with Gasteiger partial charge < -0.3 is 11.5 Å². The van der Waals surface area contributed by atoms with Crippen LogP contribution in [0, 0.1) is 11.7 Å². The molecule has 0 aromatic heterocycles. The average Bonchev–Trinajstić information content (AvgIpc) is 2.41. The Balaban J connectivity index is 2.06. The Hall–Kier alpha value is -1.46. The summed E-state index contributed by atoms with van der Waals surface area (Å²) in [6.45, 7) is 2.19. The summed E-state index contributed by atoms with van der Waals surface area (Å²) >= 11 is 0. The molecule has 4 nitrogen and oxygen atoms in total. The Kier molecular flexibility index (Phi) is 4.50. The Bertz CT molecular complexity index is 464. The molecule has 1 atom stereocenters. The van der Waals surface area contributed by atoms with Crippen LogP contribution in [0.3, 0.4) is 0 Å². The van der Waals surface area contributed by atoms with Crippen molar-refractivity contribution >= 4 is 5.91 Å². The third-order valence-electron chi connectivity index (χ3n) is 3.68. The summed E-state index contributed by atoms with van der Waals surface area (Å²) in [5.41, 5.74) is 12.0. The number of carbonyl (C=O) groups is 1. The summed E-state index contributed by atoms with van der Waals surface area (Å²) in [7, 11) is 0. The van der Waals surface area contributed by atoms with Crippen LogP contribution in [0.25, 0.3) is 0 Å². The predicted octanol–water partition coefficient (Wildman–Crippen LogP) is 0.982. The lowest BCUT2D eigenvalue weighted by Gasteiger charge is -2.31. The first kappa shape index (κ1) is 14.0. The zero-order valence-electron chi connectivity index (χ0n) is 10.9. The second-order valence-corrected chi connectivity index (χ2v) is 5.07. The molecule has 1 fully saturated rings. The quantitative estimate of drug-likeness (QED) is 0.852. The van der Waals surface area contributed by atoms with Crippen molar-refractivity contribution in [1.29, 1.82) is 0 Å². The van der Waals surface area contributed by atoms with Gasteiger partial charge in [-0.15, -0.1) is 0 Å². The number of primary amides is 1. The molecule has 1 aliphatic heterocycles. The molecule has 0 spiro atoms. The molecule has 2 rings (SSSR count). The van der Waals surface area contributed by atoms with Crippen LogP contribution in [0.15, 0.2) is 18.2 Å². The topological polar surface area (TPSA) is 72.3 Å². The van der Waals surface area contributed by atoms with Crippen molar-refractivity contribution in [3.8, 4) is 0 Å². The number of piperidine rings is 1. The van der Waals surface area contributed by atoms with Gasteiger partial charge in [-0.1, -0.05) is 18.2 Å². The zero-order valence-corrected chi connectivity index (χ0v) is 10.9. The minimum absolute atomic E-state index is 0.116. The van der Waals surface area contributed by atoms with Crippen LogP contribution < -0.4 is 11.5 Å². The number of nitrogens with zero attached hydrogens (tertiary/aromatic N) is 1. The molecule has 1 amide bonds. The number of amides is 1. The Morgan fingerprint density at radius 2 is 2.16 bits per heavy atom. The second-order valence-electron chi connectivity index (χ2n) is 5.07. The summed E-state index contributed by atoms with van der Waals surface area (Å²) in [5.74, 6) is -0.610. The van der Waals surface area contributed by atoms with Crippen LogP contribution in [0.4, 0.5) is 4.39 Å². The molecular formula is C14H20FN3O. The fourth-order valence-electron chi connectivity index (χ4n) is 2.59. The average molecular weight is 265 g/mol. The van der Waals surface area contributed by atoms with Gasteiger partial charge >= 0.3 is 0 Å². The number of likely N-dealkylation sites (tertiary alicyclic amines) is 1. The minimum atomic E-state index is -0.263. The van der Waals surface area contributed by atoms with Crippen molar-refractivity contribution in [2.75, 3.05) is 13.1 Å². The van der Waals surface area contributed by atoms with Gasteiger partial charge in [0, 0.05) is 30.8 Å². The Labute approximate surface area is 112 Å². The summed E-state index contributed by atoms with van der Waals surface area (Å²) in [5, 5.41) is 0. The van der Waals surface area contributed by atoms with Crippen LogP contribution in [0.2, 0.25) is 0 Å².